The van der Waals surface area contributed by atoms with E-state index in [1.165, 1.54) is 0 Å². The van der Waals surface area contributed by atoms with E-state index >= 15 is 0 Å². The van der Waals surface area contributed by atoms with Crippen molar-refractivity contribution in [3.05, 3.63) is 0 Å². The van der Waals surface area contributed by atoms with Crippen LogP contribution in [0.2, 0.25) is 0 Å². The third-order valence-electron chi connectivity index (χ3n) is 1.81. The zero-order valence-corrected chi connectivity index (χ0v) is 8.29. The highest BCUT2D eigenvalue weighted by molar-refractivity contribution is 5.67. The molecule has 0 saturated carbocycles. The molecular formula is C8H19N3O2. The monoisotopic (exact) mass is 189 g/mol. The van der Waals surface area contributed by atoms with Crippen LogP contribution >= 0.6 is 0 Å². The molecule has 4 N–H and O–H groups in total. The molecule has 0 spiro atoms. The summed E-state index contributed by atoms with van der Waals surface area (Å²) in [6, 6.07) is -0.0544. The number of carboxylic acid groups (broad SMARTS) is 1. The minimum absolute atomic E-state index is 0.0544. The Hall–Kier alpha value is -0.650. The van der Waals surface area contributed by atoms with Crippen LogP contribution in [0.5, 0.6) is 0 Å². The molecule has 1 heterocycles. The fourth-order valence-electron chi connectivity index (χ4n) is 1.17. The first-order valence-electron chi connectivity index (χ1n) is 4.64. The van der Waals surface area contributed by atoms with E-state index in [4.69, 9.17) is 10.9 Å². The summed E-state index contributed by atoms with van der Waals surface area (Å²) in [7, 11) is 0. The van der Waals surface area contributed by atoms with Gasteiger partial charge in [0.05, 0.1) is 6.42 Å². The van der Waals surface area contributed by atoms with Crippen molar-refractivity contribution in [1.29, 1.82) is 0 Å². The maximum Gasteiger partial charge on any atom is 0.305 e. The maximum absolute atomic E-state index is 10.3. The molecule has 13 heavy (non-hydrogen) atoms. The van der Waals surface area contributed by atoms with Crippen LogP contribution in [0.4, 0.5) is 0 Å². The van der Waals surface area contributed by atoms with Crippen LogP contribution < -0.4 is 11.2 Å². The molecule has 0 aliphatic carbocycles. The SMILES string of the molecule is CC.NN1CCNCC1CC(=O)O. The number of nitrogens with zero attached hydrogens (tertiary/aromatic N) is 1. The summed E-state index contributed by atoms with van der Waals surface area (Å²) in [6.45, 7) is 6.23. The number of hydrazine groups is 1. The molecule has 1 aliphatic heterocycles. The number of carbonyl (C=O) groups is 1. The highest BCUT2D eigenvalue weighted by atomic mass is 16.4. The highest BCUT2D eigenvalue weighted by Gasteiger charge is 2.21. The zero-order valence-electron chi connectivity index (χ0n) is 8.29. The van der Waals surface area contributed by atoms with Crippen LogP contribution in [0.25, 0.3) is 0 Å². The lowest BCUT2D eigenvalue weighted by atomic mass is 10.1. The molecule has 1 fully saturated rings. The van der Waals surface area contributed by atoms with Crippen molar-refractivity contribution >= 4 is 5.97 Å². The second-order valence-electron chi connectivity index (χ2n) is 2.69. The van der Waals surface area contributed by atoms with E-state index in [1.807, 2.05) is 13.8 Å². The molecule has 0 aromatic carbocycles. The molecule has 1 aliphatic rings. The third kappa shape index (κ3) is 4.82. The van der Waals surface area contributed by atoms with Gasteiger partial charge in [0.2, 0.25) is 0 Å². The molecule has 0 amide bonds. The van der Waals surface area contributed by atoms with Crippen molar-refractivity contribution < 1.29 is 9.90 Å². The van der Waals surface area contributed by atoms with Gasteiger partial charge in [-0.3, -0.25) is 10.6 Å². The van der Waals surface area contributed by atoms with Gasteiger partial charge in [0.1, 0.15) is 0 Å². The van der Waals surface area contributed by atoms with Crippen LogP contribution in [0, 0.1) is 0 Å². The second kappa shape index (κ2) is 6.82. The molecule has 1 saturated heterocycles. The van der Waals surface area contributed by atoms with Crippen molar-refractivity contribution in [2.45, 2.75) is 26.3 Å². The predicted molar refractivity (Wildman–Crippen MR) is 51.2 cm³/mol. The van der Waals surface area contributed by atoms with E-state index in [9.17, 15) is 4.79 Å². The van der Waals surface area contributed by atoms with Crippen molar-refractivity contribution in [2.75, 3.05) is 19.6 Å². The van der Waals surface area contributed by atoms with Crippen LogP contribution in [0.1, 0.15) is 20.3 Å². The van der Waals surface area contributed by atoms with Crippen LogP contribution in [-0.4, -0.2) is 41.8 Å². The number of carboxylic acids is 1. The number of rotatable bonds is 2. The Balaban J connectivity index is 0.000000671. The van der Waals surface area contributed by atoms with Gasteiger partial charge in [-0.15, -0.1) is 0 Å². The lowest BCUT2D eigenvalue weighted by molar-refractivity contribution is -0.138. The molecule has 5 heteroatoms. The third-order valence-corrected chi connectivity index (χ3v) is 1.81. The van der Waals surface area contributed by atoms with Gasteiger partial charge in [-0.25, -0.2) is 5.01 Å². The van der Waals surface area contributed by atoms with Crippen molar-refractivity contribution in [3.63, 3.8) is 0 Å². The number of aliphatic carboxylic acids is 1. The fraction of sp³-hybridized carbons (Fsp3) is 0.875. The number of nitrogens with one attached hydrogen (secondary N) is 1. The summed E-state index contributed by atoms with van der Waals surface area (Å²) < 4.78 is 0. The Morgan fingerprint density at radius 3 is 2.77 bits per heavy atom. The summed E-state index contributed by atoms with van der Waals surface area (Å²) in [5.74, 6) is 4.76. The summed E-state index contributed by atoms with van der Waals surface area (Å²) in [5.41, 5.74) is 0. The summed E-state index contributed by atoms with van der Waals surface area (Å²) in [4.78, 5) is 10.3. The summed E-state index contributed by atoms with van der Waals surface area (Å²) in [6.07, 6.45) is 0.115. The maximum atomic E-state index is 10.3. The summed E-state index contributed by atoms with van der Waals surface area (Å²) >= 11 is 0. The molecule has 1 unspecified atom stereocenters. The lowest BCUT2D eigenvalue weighted by Gasteiger charge is -2.31. The van der Waals surface area contributed by atoms with E-state index in [0.29, 0.717) is 6.54 Å². The van der Waals surface area contributed by atoms with E-state index < -0.39 is 5.97 Å². The van der Waals surface area contributed by atoms with E-state index in [0.717, 1.165) is 13.1 Å². The van der Waals surface area contributed by atoms with Gasteiger partial charge in [-0.2, -0.15) is 0 Å². The minimum atomic E-state index is -0.797. The number of piperazine rings is 1. The van der Waals surface area contributed by atoms with Gasteiger partial charge >= 0.3 is 5.97 Å². The first-order valence-corrected chi connectivity index (χ1v) is 4.64. The molecule has 1 rings (SSSR count). The molecule has 1 atom stereocenters. The first kappa shape index (κ1) is 12.3. The zero-order chi connectivity index (χ0) is 10.3. The van der Waals surface area contributed by atoms with Crippen molar-refractivity contribution in [1.82, 2.24) is 10.3 Å². The molecule has 78 valence electrons. The smallest absolute Gasteiger partial charge is 0.305 e. The predicted octanol–water partition coefficient (Wildman–Crippen LogP) is -0.365. The van der Waals surface area contributed by atoms with Gasteiger partial charge in [-0.1, -0.05) is 13.8 Å². The van der Waals surface area contributed by atoms with E-state index in [-0.39, 0.29) is 12.5 Å². The Kier molecular flexibility index (Phi) is 6.48. The lowest BCUT2D eigenvalue weighted by Crippen LogP contribution is -2.55. The molecule has 0 bridgehead atoms. The Labute approximate surface area is 78.9 Å². The van der Waals surface area contributed by atoms with Gasteiger partial charge in [0.15, 0.2) is 0 Å². The molecular weight excluding hydrogens is 170 g/mol. The van der Waals surface area contributed by atoms with Gasteiger partial charge in [0, 0.05) is 25.7 Å². The average molecular weight is 189 g/mol. The number of hydrogen-bond acceptors (Lipinski definition) is 4. The Morgan fingerprint density at radius 2 is 2.31 bits per heavy atom. The normalized spacial score (nSPS) is 23.2. The topological polar surface area (TPSA) is 78.6 Å². The average Bonchev–Trinajstić information content (AvgIpc) is 2.12. The van der Waals surface area contributed by atoms with Crippen molar-refractivity contribution in [2.24, 2.45) is 5.84 Å². The number of nitrogens with two attached hydrogens (primary N) is 1. The van der Waals surface area contributed by atoms with E-state index in [1.54, 1.807) is 5.01 Å². The van der Waals surface area contributed by atoms with Gasteiger partial charge in [0.25, 0.3) is 0 Å². The highest BCUT2D eigenvalue weighted by Crippen LogP contribution is 2.01. The second-order valence-corrected chi connectivity index (χ2v) is 2.69. The van der Waals surface area contributed by atoms with Gasteiger partial charge in [-0.05, 0) is 0 Å². The standard InChI is InChI=1S/C6H13N3O2.C2H6/c7-9-2-1-8-4-5(9)3-6(10)11;1-2/h5,8H,1-4,7H2,(H,10,11);1-2H3. The van der Waals surface area contributed by atoms with Crippen molar-refractivity contribution in [3.8, 4) is 0 Å². The van der Waals surface area contributed by atoms with Crippen LogP contribution in [0.15, 0.2) is 0 Å². The van der Waals surface area contributed by atoms with Crippen LogP contribution in [0.3, 0.4) is 0 Å². The van der Waals surface area contributed by atoms with E-state index in [2.05, 4.69) is 5.32 Å². The quantitative estimate of drug-likeness (QED) is 0.517. The largest absolute Gasteiger partial charge is 0.481 e. The number of hydrogen-bond donors (Lipinski definition) is 3. The molecule has 0 aromatic rings. The molecule has 5 nitrogen and oxygen atoms in total. The summed E-state index contributed by atoms with van der Waals surface area (Å²) in [5, 5.41) is 13.1. The molecule has 0 aromatic heterocycles. The minimum Gasteiger partial charge on any atom is -0.481 e. The Bertz CT molecular complexity index is 152. The van der Waals surface area contributed by atoms with Crippen LogP contribution in [-0.2, 0) is 4.79 Å². The first-order chi connectivity index (χ1) is 6.20. The van der Waals surface area contributed by atoms with Gasteiger partial charge < -0.3 is 10.4 Å². The Morgan fingerprint density at radius 1 is 1.69 bits per heavy atom. The molecule has 0 radical (unpaired) electrons. The fourth-order valence-corrected chi connectivity index (χ4v) is 1.17.